The van der Waals surface area contributed by atoms with Gasteiger partial charge in [-0.1, -0.05) is 6.07 Å². The van der Waals surface area contributed by atoms with E-state index in [2.05, 4.69) is 0 Å². The number of rotatable bonds is 3. The van der Waals surface area contributed by atoms with Crippen molar-refractivity contribution in [1.29, 1.82) is 0 Å². The van der Waals surface area contributed by atoms with Crippen molar-refractivity contribution in [3.8, 4) is 11.5 Å². The number of aliphatic hydroxyl groups is 1. The second-order valence-electron chi connectivity index (χ2n) is 4.41. The molecule has 3 nitrogen and oxygen atoms in total. The molecule has 1 heterocycles. The topological polar surface area (TPSA) is 38.7 Å². The lowest BCUT2D eigenvalue weighted by molar-refractivity contribution is 0.140. The maximum atomic E-state index is 9.73. The first kappa shape index (κ1) is 9.04. The fourth-order valence-electron chi connectivity index (χ4n) is 1.87. The minimum absolute atomic E-state index is 0.322. The van der Waals surface area contributed by atoms with Gasteiger partial charge in [0.2, 0.25) is 6.79 Å². The Hall–Kier alpha value is -1.22. The Labute approximate surface area is 88.6 Å². The van der Waals surface area contributed by atoms with Crippen molar-refractivity contribution >= 4 is 0 Å². The normalized spacial score (nSPS) is 20.3. The van der Waals surface area contributed by atoms with Crippen LogP contribution in [0.5, 0.6) is 11.5 Å². The van der Waals surface area contributed by atoms with Crippen molar-refractivity contribution in [1.82, 2.24) is 0 Å². The van der Waals surface area contributed by atoms with Gasteiger partial charge in [-0.3, -0.25) is 0 Å². The van der Waals surface area contributed by atoms with Crippen LogP contribution in [-0.2, 0) is 6.42 Å². The molecule has 1 aromatic rings. The summed E-state index contributed by atoms with van der Waals surface area (Å²) in [6.45, 7) is 0.322. The van der Waals surface area contributed by atoms with Crippen LogP contribution in [0.3, 0.4) is 0 Å². The number of fused-ring (bicyclic) bond motifs is 1. The van der Waals surface area contributed by atoms with E-state index in [0.717, 1.165) is 37.2 Å². The van der Waals surface area contributed by atoms with E-state index in [1.807, 2.05) is 18.2 Å². The lowest BCUT2D eigenvalue weighted by Gasteiger charge is -2.07. The van der Waals surface area contributed by atoms with Gasteiger partial charge in [0.1, 0.15) is 0 Å². The third-order valence-corrected chi connectivity index (χ3v) is 3.14. The van der Waals surface area contributed by atoms with Crippen molar-refractivity contribution in [3.63, 3.8) is 0 Å². The quantitative estimate of drug-likeness (QED) is 0.820. The first-order chi connectivity index (χ1) is 7.25. The van der Waals surface area contributed by atoms with Crippen LogP contribution in [-0.4, -0.2) is 17.5 Å². The van der Waals surface area contributed by atoms with Gasteiger partial charge in [-0.2, -0.15) is 0 Å². The summed E-state index contributed by atoms with van der Waals surface area (Å²) >= 11 is 0. The molecule has 0 radical (unpaired) electrons. The van der Waals surface area contributed by atoms with Crippen molar-refractivity contribution < 1.29 is 14.6 Å². The van der Waals surface area contributed by atoms with Gasteiger partial charge in [-0.05, 0) is 43.4 Å². The molecule has 15 heavy (non-hydrogen) atoms. The molecule has 0 bridgehead atoms. The third kappa shape index (κ3) is 1.79. The van der Waals surface area contributed by atoms with Gasteiger partial charge >= 0.3 is 0 Å². The molecule has 1 aromatic carbocycles. The van der Waals surface area contributed by atoms with E-state index in [0.29, 0.717) is 6.79 Å². The summed E-state index contributed by atoms with van der Waals surface area (Å²) < 4.78 is 10.5. The molecule has 0 saturated heterocycles. The lowest BCUT2D eigenvalue weighted by Crippen LogP contribution is -2.07. The molecular formula is C12H14O3. The molecule has 0 aromatic heterocycles. The standard InChI is InChI=1S/C12H14O3/c13-12(5-6-12)4-3-9-1-2-10-11(7-9)15-8-14-10/h1-2,7,13H,3-6,8H2. The Morgan fingerprint density at radius 3 is 2.80 bits per heavy atom. The van der Waals surface area contributed by atoms with E-state index in [4.69, 9.17) is 9.47 Å². The van der Waals surface area contributed by atoms with Crippen LogP contribution in [0, 0.1) is 0 Å². The molecule has 2 aliphatic rings. The lowest BCUT2D eigenvalue weighted by atomic mass is 10.1. The van der Waals surface area contributed by atoms with Crippen LogP contribution in [0.2, 0.25) is 0 Å². The molecule has 0 amide bonds. The monoisotopic (exact) mass is 206 g/mol. The maximum Gasteiger partial charge on any atom is 0.231 e. The summed E-state index contributed by atoms with van der Waals surface area (Å²) in [6.07, 6.45) is 3.68. The van der Waals surface area contributed by atoms with Gasteiger partial charge in [-0.15, -0.1) is 0 Å². The smallest absolute Gasteiger partial charge is 0.231 e. The summed E-state index contributed by atoms with van der Waals surface area (Å²) in [6, 6.07) is 5.99. The van der Waals surface area contributed by atoms with E-state index >= 15 is 0 Å². The molecule has 1 aliphatic heterocycles. The molecule has 80 valence electrons. The van der Waals surface area contributed by atoms with E-state index in [9.17, 15) is 5.11 Å². The van der Waals surface area contributed by atoms with Crippen molar-refractivity contribution in [3.05, 3.63) is 23.8 Å². The molecule has 3 heteroatoms. The van der Waals surface area contributed by atoms with Crippen LogP contribution in [0.15, 0.2) is 18.2 Å². The first-order valence-corrected chi connectivity index (χ1v) is 5.36. The molecule has 3 rings (SSSR count). The van der Waals surface area contributed by atoms with E-state index < -0.39 is 0 Å². The van der Waals surface area contributed by atoms with Crippen LogP contribution in [0.4, 0.5) is 0 Å². The highest BCUT2D eigenvalue weighted by atomic mass is 16.7. The van der Waals surface area contributed by atoms with Crippen LogP contribution >= 0.6 is 0 Å². The second kappa shape index (κ2) is 3.14. The summed E-state index contributed by atoms with van der Waals surface area (Å²) in [5.41, 5.74) is 0.843. The van der Waals surface area contributed by atoms with Crippen molar-refractivity contribution in [2.75, 3.05) is 6.79 Å². The minimum atomic E-state index is -0.365. The maximum absolute atomic E-state index is 9.73. The molecule has 0 atom stereocenters. The Morgan fingerprint density at radius 2 is 2.00 bits per heavy atom. The van der Waals surface area contributed by atoms with E-state index in [1.165, 1.54) is 5.56 Å². The molecule has 1 N–H and O–H groups in total. The van der Waals surface area contributed by atoms with Crippen LogP contribution < -0.4 is 9.47 Å². The van der Waals surface area contributed by atoms with E-state index in [1.54, 1.807) is 0 Å². The molecule has 1 saturated carbocycles. The predicted molar refractivity (Wildman–Crippen MR) is 55.1 cm³/mol. The van der Waals surface area contributed by atoms with E-state index in [-0.39, 0.29) is 5.60 Å². The fraction of sp³-hybridized carbons (Fsp3) is 0.500. The van der Waals surface area contributed by atoms with Gasteiger partial charge in [0, 0.05) is 0 Å². The summed E-state index contributed by atoms with van der Waals surface area (Å²) in [5.74, 6) is 1.65. The minimum Gasteiger partial charge on any atom is -0.454 e. The predicted octanol–water partition coefficient (Wildman–Crippen LogP) is 1.87. The Kier molecular flexibility index (Phi) is 1.89. The number of hydrogen-bond donors (Lipinski definition) is 1. The third-order valence-electron chi connectivity index (χ3n) is 3.14. The zero-order valence-corrected chi connectivity index (χ0v) is 8.53. The second-order valence-corrected chi connectivity index (χ2v) is 4.41. The highest BCUT2D eigenvalue weighted by Crippen LogP contribution is 2.40. The van der Waals surface area contributed by atoms with Gasteiger partial charge in [0.25, 0.3) is 0 Å². The van der Waals surface area contributed by atoms with Gasteiger partial charge < -0.3 is 14.6 Å². The molecular weight excluding hydrogens is 192 g/mol. The van der Waals surface area contributed by atoms with Gasteiger partial charge in [-0.25, -0.2) is 0 Å². The summed E-state index contributed by atoms with van der Waals surface area (Å²) in [4.78, 5) is 0. The Balaban J connectivity index is 1.70. The largest absolute Gasteiger partial charge is 0.454 e. The molecule has 0 unspecified atom stereocenters. The SMILES string of the molecule is OC1(CCc2ccc3c(c2)OCO3)CC1. The first-order valence-electron chi connectivity index (χ1n) is 5.36. The molecule has 0 spiro atoms. The zero-order chi connectivity index (χ0) is 10.3. The highest BCUT2D eigenvalue weighted by molar-refractivity contribution is 5.44. The number of aryl methyl sites for hydroxylation is 1. The number of hydrogen-bond acceptors (Lipinski definition) is 3. The Bertz CT molecular complexity index is 382. The van der Waals surface area contributed by atoms with Crippen molar-refractivity contribution in [2.24, 2.45) is 0 Å². The highest BCUT2D eigenvalue weighted by Gasteiger charge is 2.39. The van der Waals surface area contributed by atoms with Crippen molar-refractivity contribution in [2.45, 2.75) is 31.3 Å². The average Bonchev–Trinajstić information content (AvgIpc) is 2.80. The number of ether oxygens (including phenoxy) is 2. The summed E-state index contributed by atoms with van der Waals surface area (Å²) in [7, 11) is 0. The molecule has 1 aliphatic carbocycles. The number of benzene rings is 1. The molecule has 1 fully saturated rings. The summed E-state index contributed by atoms with van der Waals surface area (Å²) in [5, 5.41) is 9.73. The van der Waals surface area contributed by atoms with Crippen LogP contribution in [0.25, 0.3) is 0 Å². The van der Waals surface area contributed by atoms with Gasteiger partial charge in [0.05, 0.1) is 5.60 Å². The zero-order valence-electron chi connectivity index (χ0n) is 8.53. The average molecular weight is 206 g/mol. The Morgan fingerprint density at radius 1 is 1.20 bits per heavy atom. The van der Waals surface area contributed by atoms with Crippen LogP contribution in [0.1, 0.15) is 24.8 Å². The fourth-order valence-corrected chi connectivity index (χ4v) is 1.87. The van der Waals surface area contributed by atoms with Gasteiger partial charge in [0.15, 0.2) is 11.5 Å².